The van der Waals surface area contributed by atoms with Crippen molar-refractivity contribution >= 4 is 29.3 Å². The molecule has 2 N–H and O–H groups in total. The normalized spacial score (nSPS) is 13.4. The average Bonchev–Trinajstić information content (AvgIpc) is 2.95. The van der Waals surface area contributed by atoms with Crippen molar-refractivity contribution in [2.75, 3.05) is 11.9 Å². The highest BCUT2D eigenvalue weighted by Crippen LogP contribution is 2.25. The largest absolute Gasteiger partial charge is 0.471 e. The summed E-state index contributed by atoms with van der Waals surface area (Å²) in [7, 11) is 0. The minimum Gasteiger partial charge on any atom is -0.344 e. The maximum atomic E-state index is 12.6. The summed E-state index contributed by atoms with van der Waals surface area (Å²) in [5.74, 6) is -3.40. The number of alkyl halides is 3. The fourth-order valence-corrected chi connectivity index (χ4v) is 3.21. The van der Waals surface area contributed by atoms with Gasteiger partial charge in [-0.1, -0.05) is 26.0 Å². The number of rotatable bonds is 6. The van der Waals surface area contributed by atoms with E-state index in [1.807, 2.05) is 13.8 Å². The van der Waals surface area contributed by atoms with Crippen LogP contribution in [0.5, 0.6) is 0 Å². The third-order valence-electron chi connectivity index (χ3n) is 4.68. The Labute approximate surface area is 181 Å². The number of halogens is 3. The molecule has 1 heterocycles. The van der Waals surface area contributed by atoms with E-state index >= 15 is 0 Å². The highest BCUT2D eigenvalue weighted by atomic mass is 19.4. The second kappa shape index (κ2) is 8.81. The lowest BCUT2D eigenvalue weighted by Gasteiger charge is -2.15. The molecule has 0 fully saturated rings. The molecule has 0 bridgehead atoms. The van der Waals surface area contributed by atoms with Crippen LogP contribution in [-0.2, 0) is 11.3 Å². The van der Waals surface area contributed by atoms with Crippen LogP contribution in [0.25, 0.3) is 0 Å². The van der Waals surface area contributed by atoms with Crippen LogP contribution in [0, 0.1) is 5.92 Å². The smallest absolute Gasteiger partial charge is 0.344 e. The van der Waals surface area contributed by atoms with E-state index in [1.165, 1.54) is 42.5 Å². The molecule has 2 aromatic carbocycles. The molecule has 7 nitrogen and oxygen atoms in total. The Hall–Kier alpha value is -3.69. The summed E-state index contributed by atoms with van der Waals surface area (Å²) in [6.07, 6.45) is -4.98. The zero-order valence-corrected chi connectivity index (χ0v) is 17.2. The molecule has 1 aliphatic rings. The fourth-order valence-electron chi connectivity index (χ4n) is 3.21. The van der Waals surface area contributed by atoms with Crippen LogP contribution in [0.3, 0.4) is 0 Å². The zero-order valence-electron chi connectivity index (χ0n) is 17.2. The Bertz CT molecular complexity index is 1100. The number of carbonyl (C=O) groups excluding carboxylic acids is 4. The maximum Gasteiger partial charge on any atom is 0.471 e. The van der Waals surface area contributed by atoms with Gasteiger partial charge >= 0.3 is 12.1 Å². The number of nitrogens with zero attached hydrogens (tertiary/aromatic N) is 1. The number of anilines is 1. The van der Waals surface area contributed by atoms with Gasteiger partial charge in [-0.05, 0) is 41.8 Å². The highest BCUT2D eigenvalue weighted by molar-refractivity contribution is 6.22. The molecule has 0 unspecified atom stereocenters. The molecule has 168 valence electrons. The standard InChI is InChI=1S/C22H20F3N3O4/c1-12(2)11-28-19(30)16-7-6-14(9-17(16)20(28)31)18(29)27-15-5-3-4-13(8-15)10-26-21(32)22(23,24)25/h3-9,12H,10-11H2,1-2H3,(H,26,32)(H,27,29). The van der Waals surface area contributed by atoms with Crippen LogP contribution >= 0.6 is 0 Å². The van der Waals surface area contributed by atoms with Gasteiger partial charge in [0.15, 0.2) is 0 Å². The van der Waals surface area contributed by atoms with Crippen LogP contribution in [0.1, 0.15) is 50.5 Å². The lowest BCUT2D eigenvalue weighted by Crippen LogP contribution is -2.36. The van der Waals surface area contributed by atoms with Crippen LogP contribution in [0.2, 0.25) is 0 Å². The molecule has 10 heteroatoms. The molecule has 0 aromatic heterocycles. The Balaban J connectivity index is 1.71. The summed E-state index contributed by atoms with van der Waals surface area (Å²) in [5, 5.41) is 4.35. The molecule has 0 saturated carbocycles. The summed E-state index contributed by atoms with van der Waals surface area (Å²) in [6.45, 7) is 3.66. The second-order valence-corrected chi connectivity index (χ2v) is 7.71. The fraction of sp³-hybridized carbons (Fsp3) is 0.273. The Morgan fingerprint density at radius 1 is 1.00 bits per heavy atom. The van der Waals surface area contributed by atoms with Crippen molar-refractivity contribution in [3.05, 3.63) is 64.7 Å². The zero-order chi connectivity index (χ0) is 23.6. The van der Waals surface area contributed by atoms with Gasteiger partial charge in [0.1, 0.15) is 0 Å². The highest BCUT2D eigenvalue weighted by Gasteiger charge is 2.38. The van der Waals surface area contributed by atoms with E-state index < -0.39 is 29.8 Å². The van der Waals surface area contributed by atoms with Crippen molar-refractivity contribution in [3.8, 4) is 0 Å². The van der Waals surface area contributed by atoms with Crippen molar-refractivity contribution < 1.29 is 32.3 Å². The second-order valence-electron chi connectivity index (χ2n) is 7.71. The molecule has 0 saturated heterocycles. The predicted octanol–water partition coefficient (Wildman–Crippen LogP) is 3.37. The number of amides is 4. The Morgan fingerprint density at radius 3 is 2.34 bits per heavy atom. The molecule has 1 aliphatic heterocycles. The summed E-state index contributed by atoms with van der Waals surface area (Å²) in [4.78, 5) is 49.7. The number of fused-ring (bicyclic) bond motifs is 1. The molecule has 2 aromatic rings. The third kappa shape index (κ3) is 4.96. The number of benzene rings is 2. The minimum absolute atomic E-state index is 0.0909. The topological polar surface area (TPSA) is 95.6 Å². The molecule has 0 spiro atoms. The van der Waals surface area contributed by atoms with Crippen molar-refractivity contribution in [2.24, 2.45) is 5.92 Å². The number of hydrogen-bond donors (Lipinski definition) is 2. The van der Waals surface area contributed by atoms with E-state index in [-0.39, 0.29) is 41.4 Å². The summed E-state index contributed by atoms with van der Waals surface area (Å²) >= 11 is 0. The van der Waals surface area contributed by atoms with E-state index in [4.69, 9.17) is 0 Å². The van der Waals surface area contributed by atoms with Gasteiger partial charge in [-0.2, -0.15) is 13.2 Å². The van der Waals surface area contributed by atoms with E-state index in [0.29, 0.717) is 5.56 Å². The monoisotopic (exact) mass is 447 g/mol. The molecule has 0 radical (unpaired) electrons. The average molecular weight is 447 g/mol. The number of carbonyl (C=O) groups is 4. The third-order valence-corrected chi connectivity index (χ3v) is 4.68. The maximum absolute atomic E-state index is 12.6. The molecule has 0 atom stereocenters. The van der Waals surface area contributed by atoms with Crippen LogP contribution in [0.4, 0.5) is 18.9 Å². The Kier molecular flexibility index (Phi) is 6.33. The van der Waals surface area contributed by atoms with Gasteiger partial charge in [-0.15, -0.1) is 0 Å². The molecule has 0 aliphatic carbocycles. The van der Waals surface area contributed by atoms with Gasteiger partial charge in [-0.3, -0.25) is 24.1 Å². The quantitative estimate of drug-likeness (QED) is 0.664. The van der Waals surface area contributed by atoms with E-state index in [9.17, 15) is 32.3 Å². The molecule has 32 heavy (non-hydrogen) atoms. The SMILES string of the molecule is CC(C)CN1C(=O)c2ccc(C(=O)Nc3cccc(CNC(=O)C(F)(F)F)c3)cc2C1=O. The minimum atomic E-state index is -4.98. The number of imide groups is 1. The van der Waals surface area contributed by atoms with Gasteiger partial charge in [-0.25, -0.2) is 0 Å². The van der Waals surface area contributed by atoms with E-state index in [0.717, 1.165) is 4.90 Å². The van der Waals surface area contributed by atoms with Crippen LogP contribution < -0.4 is 10.6 Å². The first-order chi connectivity index (χ1) is 15.0. The summed E-state index contributed by atoms with van der Waals surface area (Å²) in [6, 6.07) is 10.1. The van der Waals surface area contributed by atoms with Crippen LogP contribution in [-0.4, -0.2) is 41.2 Å². The van der Waals surface area contributed by atoms with Gasteiger partial charge < -0.3 is 10.6 Å². The predicted molar refractivity (Wildman–Crippen MR) is 109 cm³/mol. The summed E-state index contributed by atoms with van der Waals surface area (Å²) < 4.78 is 36.9. The first kappa shape index (κ1) is 23.0. The molecule has 3 rings (SSSR count). The first-order valence-corrected chi connectivity index (χ1v) is 9.73. The van der Waals surface area contributed by atoms with Crippen molar-refractivity contribution in [3.63, 3.8) is 0 Å². The van der Waals surface area contributed by atoms with Crippen molar-refractivity contribution in [1.82, 2.24) is 10.2 Å². The molecular weight excluding hydrogens is 427 g/mol. The molecular formula is C22H20F3N3O4. The van der Waals surface area contributed by atoms with Gasteiger partial charge in [0, 0.05) is 24.3 Å². The van der Waals surface area contributed by atoms with Crippen molar-refractivity contribution in [1.29, 1.82) is 0 Å². The van der Waals surface area contributed by atoms with E-state index in [2.05, 4.69) is 5.32 Å². The first-order valence-electron chi connectivity index (χ1n) is 9.73. The van der Waals surface area contributed by atoms with Crippen LogP contribution in [0.15, 0.2) is 42.5 Å². The van der Waals surface area contributed by atoms with Gasteiger partial charge in [0.2, 0.25) is 0 Å². The summed E-state index contributed by atoms with van der Waals surface area (Å²) in [5.41, 5.74) is 1.16. The van der Waals surface area contributed by atoms with Crippen molar-refractivity contribution in [2.45, 2.75) is 26.6 Å². The van der Waals surface area contributed by atoms with Gasteiger partial charge in [0.05, 0.1) is 11.1 Å². The van der Waals surface area contributed by atoms with E-state index in [1.54, 1.807) is 5.32 Å². The Morgan fingerprint density at radius 2 is 1.69 bits per heavy atom. The number of nitrogens with one attached hydrogen (secondary N) is 2. The lowest BCUT2D eigenvalue weighted by molar-refractivity contribution is -0.173. The molecule has 4 amide bonds. The number of hydrogen-bond acceptors (Lipinski definition) is 4. The van der Waals surface area contributed by atoms with Gasteiger partial charge in [0.25, 0.3) is 17.7 Å². The lowest BCUT2D eigenvalue weighted by atomic mass is 10.1.